The molecule has 0 aromatic rings. The number of carbonyl (C=O) groups excluding carboxylic acids is 2. The summed E-state index contributed by atoms with van der Waals surface area (Å²) in [5.74, 6) is -1.71. The van der Waals surface area contributed by atoms with Gasteiger partial charge in [-0.05, 0) is 70.6 Å². The molecule has 0 saturated carbocycles. The van der Waals surface area contributed by atoms with Crippen molar-refractivity contribution >= 4 is 17.8 Å². The third-order valence-electron chi connectivity index (χ3n) is 8.58. The van der Waals surface area contributed by atoms with E-state index in [0.29, 0.717) is 12.8 Å². The van der Waals surface area contributed by atoms with Crippen molar-refractivity contribution in [1.82, 2.24) is 5.32 Å². The van der Waals surface area contributed by atoms with Crippen LogP contribution in [0, 0.1) is 0 Å². The van der Waals surface area contributed by atoms with Crippen LogP contribution in [-0.4, -0.2) is 35.6 Å². The maximum Gasteiger partial charge on any atom is 0.322 e. The minimum atomic E-state index is -1.08. The van der Waals surface area contributed by atoms with Crippen LogP contribution in [0.2, 0.25) is 0 Å². The van der Waals surface area contributed by atoms with Crippen LogP contribution < -0.4 is 5.32 Å². The fraction of sp³-hybridized carbons (Fsp3) is 0.825. The topological polar surface area (TPSA) is 92.7 Å². The summed E-state index contributed by atoms with van der Waals surface area (Å²) in [6.45, 7) is 4.10. The monoisotopic (exact) mass is 648 g/mol. The number of ether oxygens (including phenoxy) is 1. The van der Waals surface area contributed by atoms with Gasteiger partial charge >= 0.3 is 11.9 Å². The molecule has 0 rings (SSSR count). The average Bonchev–Trinajstić information content (AvgIpc) is 3.03. The van der Waals surface area contributed by atoms with Crippen LogP contribution in [0.1, 0.15) is 200 Å². The smallest absolute Gasteiger partial charge is 0.322 e. The first-order valence-electron chi connectivity index (χ1n) is 19.5. The lowest BCUT2D eigenvalue weighted by Gasteiger charge is -2.18. The first-order chi connectivity index (χ1) is 22.5. The molecular weight excluding hydrogens is 574 g/mol. The molecule has 0 heterocycles. The van der Waals surface area contributed by atoms with Crippen LogP contribution in [0.15, 0.2) is 24.3 Å². The number of carboxylic acids is 1. The molecule has 0 aromatic heterocycles. The summed E-state index contributed by atoms with van der Waals surface area (Å²) in [6.07, 6.45) is 41.4. The third kappa shape index (κ3) is 34.8. The molecule has 0 saturated heterocycles. The molecule has 1 unspecified atom stereocenters. The quantitative estimate of drug-likeness (QED) is 0.0405. The Labute approximate surface area is 284 Å². The molecule has 6 heteroatoms. The Morgan fingerprint density at radius 2 is 0.957 bits per heavy atom. The van der Waals surface area contributed by atoms with E-state index in [4.69, 9.17) is 9.84 Å². The standard InChI is InChI=1S/C40H73NO5/c1-3-5-7-9-11-13-15-17-19-21-23-25-27-29-31-33-37(35-38(42)41-36-39(43)44)46-40(45)34-32-30-28-26-24-22-20-18-16-14-12-10-8-6-4-2/h17-20,37H,3-16,21-36H2,1-2H3,(H,41,42)(H,43,44). The summed E-state index contributed by atoms with van der Waals surface area (Å²) in [6, 6.07) is 0. The van der Waals surface area contributed by atoms with E-state index in [2.05, 4.69) is 43.5 Å². The molecule has 0 aliphatic heterocycles. The summed E-state index contributed by atoms with van der Waals surface area (Å²) in [7, 11) is 0. The first kappa shape index (κ1) is 43.9. The van der Waals surface area contributed by atoms with Crippen molar-refractivity contribution in [3.63, 3.8) is 0 Å². The predicted octanol–water partition coefficient (Wildman–Crippen LogP) is 11.6. The van der Waals surface area contributed by atoms with Crippen molar-refractivity contribution in [1.29, 1.82) is 0 Å². The number of rotatable bonds is 35. The fourth-order valence-electron chi connectivity index (χ4n) is 5.68. The Hall–Kier alpha value is -2.11. The molecule has 0 aliphatic carbocycles. The van der Waals surface area contributed by atoms with Gasteiger partial charge in [-0.1, -0.05) is 141 Å². The fourth-order valence-corrected chi connectivity index (χ4v) is 5.68. The summed E-state index contributed by atoms with van der Waals surface area (Å²) >= 11 is 0. The molecule has 0 bridgehead atoms. The highest BCUT2D eigenvalue weighted by Crippen LogP contribution is 2.16. The first-order valence-corrected chi connectivity index (χ1v) is 19.5. The molecule has 1 atom stereocenters. The molecule has 0 radical (unpaired) electrons. The van der Waals surface area contributed by atoms with Crippen LogP contribution in [0.4, 0.5) is 0 Å². The molecule has 0 aromatic carbocycles. The number of esters is 1. The van der Waals surface area contributed by atoms with Gasteiger partial charge in [0.05, 0.1) is 6.42 Å². The largest absolute Gasteiger partial charge is 0.480 e. The number of allylic oxidation sites excluding steroid dienone is 4. The van der Waals surface area contributed by atoms with Gasteiger partial charge in [-0.3, -0.25) is 14.4 Å². The van der Waals surface area contributed by atoms with Crippen molar-refractivity contribution in [3.05, 3.63) is 24.3 Å². The van der Waals surface area contributed by atoms with Crippen molar-refractivity contribution in [2.24, 2.45) is 0 Å². The Kier molecular flexibility index (Phi) is 34.1. The van der Waals surface area contributed by atoms with Gasteiger partial charge in [-0.2, -0.15) is 0 Å². The number of aliphatic carboxylic acids is 1. The zero-order chi connectivity index (χ0) is 33.8. The maximum absolute atomic E-state index is 12.5. The minimum Gasteiger partial charge on any atom is -0.480 e. The van der Waals surface area contributed by atoms with Crippen LogP contribution in [0.25, 0.3) is 0 Å². The van der Waals surface area contributed by atoms with Crippen molar-refractivity contribution in [3.8, 4) is 0 Å². The highest BCUT2D eigenvalue weighted by Gasteiger charge is 2.18. The lowest BCUT2D eigenvalue weighted by atomic mass is 10.0. The second kappa shape index (κ2) is 35.7. The molecule has 0 aliphatic rings. The summed E-state index contributed by atoms with van der Waals surface area (Å²) in [4.78, 5) is 35.6. The van der Waals surface area contributed by atoms with E-state index in [9.17, 15) is 14.4 Å². The second-order valence-electron chi connectivity index (χ2n) is 13.2. The van der Waals surface area contributed by atoms with E-state index in [1.54, 1.807) is 0 Å². The van der Waals surface area contributed by atoms with E-state index in [0.717, 1.165) is 51.4 Å². The summed E-state index contributed by atoms with van der Waals surface area (Å²) in [5, 5.41) is 11.2. The molecule has 0 fully saturated rings. The van der Waals surface area contributed by atoms with Gasteiger partial charge in [0.1, 0.15) is 12.6 Å². The molecule has 2 N–H and O–H groups in total. The second-order valence-corrected chi connectivity index (χ2v) is 13.2. The highest BCUT2D eigenvalue weighted by atomic mass is 16.5. The van der Waals surface area contributed by atoms with E-state index >= 15 is 0 Å². The Morgan fingerprint density at radius 3 is 1.39 bits per heavy atom. The van der Waals surface area contributed by atoms with Crippen LogP contribution in [0.3, 0.4) is 0 Å². The summed E-state index contributed by atoms with van der Waals surface area (Å²) < 4.78 is 5.70. The normalized spacial score (nSPS) is 12.2. The maximum atomic E-state index is 12.5. The van der Waals surface area contributed by atoms with Gasteiger partial charge in [-0.25, -0.2) is 0 Å². The SMILES string of the molecule is CCCCCCCCC=CCCCCCCCC(=O)OC(CCCCCCCC=CCCCCCCCC)CC(=O)NCC(=O)O. The van der Waals surface area contributed by atoms with Crippen molar-refractivity contribution in [2.75, 3.05) is 6.54 Å². The Balaban J connectivity index is 4.04. The zero-order valence-electron chi connectivity index (χ0n) is 30.2. The highest BCUT2D eigenvalue weighted by molar-refractivity contribution is 5.81. The van der Waals surface area contributed by atoms with Crippen LogP contribution in [0.5, 0.6) is 0 Å². The molecule has 0 spiro atoms. The van der Waals surface area contributed by atoms with Gasteiger partial charge in [0, 0.05) is 6.42 Å². The molecular formula is C40H73NO5. The van der Waals surface area contributed by atoms with Crippen molar-refractivity contribution < 1.29 is 24.2 Å². The van der Waals surface area contributed by atoms with E-state index < -0.39 is 18.6 Å². The van der Waals surface area contributed by atoms with E-state index in [1.165, 1.54) is 116 Å². The van der Waals surface area contributed by atoms with E-state index in [-0.39, 0.29) is 18.3 Å². The van der Waals surface area contributed by atoms with Gasteiger partial charge < -0.3 is 15.2 Å². The lowest BCUT2D eigenvalue weighted by molar-refractivity contribution is -0.151. The number of hydrogen-bond acceptors (Lipinski definition) is 4. The number of nitrogens with one attached hydrogen (secondary N) is 1. The third-order valence-corrected chi connectivity index (χ3v) is 8.58. The van der Waals surface area contributed by atoms with Crippen molar-refractivity contribution in [2.45, 2.75) is 206 Å². The van der Waals surface area contributed by atoms with Gasteiger partial charge in [0.15, 0.2) is 0 Å². The van der Waals surface area contributed by atoms with Crippen LogP contribution in [-0.2, 0) is 19.1 Å². The number of unbranched alkanes of at least 4 members (excludes halogenated alkanes) is 22. The molecule has 6 nitrogen and oxygen atoms in total. The number of carboxylic acid groups (broad SMARTS) is 1. The van der Waals surface area contributed by atoms with Gasteiger partial charge in [0.25, 0.3) is 0 Å². The number of hydrogen-bond donors (Lipinski definition) is 2. The lowest BCUT2D eigenvalue weighted by Crippen LogP contribution is -2.33. The van der Waals surface area contributed by atoms with E-state index in [1.807, 2.05) is 0 Å². The minimum absolute atomic E-state index is 0.0226. The predicted molar refractivity (Wildman–Crippen MR) is 194 cm³/mol. The molecule has 268 valence electrons. The zero-order valence-corrected chi connectivity index (χ0v) is 30.2. The summed E-state index contributed by atoms with van der Waals surface area (Å²) in [5.41, 5.74) is 0. The molecule has 46 heavy (non-hydrogen) atoms. The average molecular weight is 648 g/mol. The van der Waals surface area contributed by atoms with Gasteiger partial charge in [-0.15, -0.1) is 0 Å². The Morgan fingerprint density at radius 1 is 0.565 bits per heavy atom. The molecule has 1 amide bonds. The van der Waals surface area contributed by atoms with Crippen LogP contribution >= 0.6 is 0 Å². The number of amides is 1. The number of carbonyl (C=O) groups is 3. The van der Waals surface area contributed by atoms with Gasteiger partial charge in [0.2, 0.25) is 5.91 Å². The Bertz CT molecular complexity index is 763.